The van der Waals surface area contributed by atoms with Crippen LogP contribution in [-0.4, -0.2) is 62.2 Å². The summed E-state index contributed by atoms with van der Waals surface area (Å²) in [6.45, 7) is -0.183. The van der Waals surface area contributed by atoms with Gasteiger partial charge in [0.1, 0.15) is 12.7 Å². The van der Waals surface area contributed by atoms with E-state index in [-0.39, 0.29) is 0 Å². The smallest absolute Gasteiger partial charge is 0.419 e. The third-order valence-corrected chi connectivity index (χ3v) is 4.41. The number of carbonyl (C=O) groups is 4. The Kier molecular flexibility index (Phi) is 6.00. The van der Waals surface area contributed by atoms with Crippen molar-refractivity contribution in [2.75, 3.05) is 6.67 Å². The molecule has 1 amide bonds. The van der Waals surface area contributed by atoms with Crippen LogP contribution in [0.4, 0.5) is 9.18 Å². The van der Waals surface area contributed by atoms with Crippen molar-refractivity contribution in [1.29, 1.82) is 0 Å². The van der Waals surface area contributed by atoms with Crippen LogP contribution in [-0.2, 0) is 19.1 Å². The Morgan fingerprint density at radius 2 is 1.70 bits per heavy atom. The number of hydrogen-bond donors (Lipinski definition) is 2. The van der Waals surface area contributed by atoms with Crippen LogP contribution >= 0.6 is 0 Å². The molecular weight excluding hydrogens is 399 g/mol. The highest BCUT2D eigenvalue weighted by molar-refractivity contribution is 6.11. The lowest BCUT2D eigenvalue weighted by Crippen LogP contribution is -2.47. The Labute approximate surface area is 168 Å². The Balaban J connectivity index is 1.82. The summed E-state index contributed by atoms with van der Waals surface area (Å²) >= 11 is 0. The normalized spacial score (nSPS) is 13.0. The van der Waals surface area contributed by atoms with E-state index in [4.69, 9.17) is 9.84 Å². The molecule has 0 spiro atoms. The second kappa shape index (κ2) is 8.64. The number of carbonyl (C=O) groups excluding carboxylic acids is 3. The van der Waals surface area contributed by atoms with Crippen LogP contribution in [0.3, 0.4) is 0 Å². The molecule has 0 fully saturated rings. The van der Waals surface area contributed by atoms with Gasteiger partial charge >= 0.3 is 12.1 Å². The number of rotatable bonds is 7. The predicted octanol–water partition coefficient (Wildman–Crippen LogP) is 1.46. The van der Waals surface area contributed by atoms with Gasteiger partial charge in [0.2, 0.25) is 0 Å². The van der Waals surface area contributed by atoms with E-state index >= 15 is 0 Å². The molecule has 3 heterocycles. The number of aromatic nitrogens is 3. The molecule has 0 radical (unpaired) electrons. The summed E-state index contributed by atoms with van der Waals surface area (Å²) < 4.78 is 19.1. The zero-order chi connectivity index (χ0) is 21.8. The number of aliphatic carboxylic acids is 1. The maximum Gasteiger partial charge on any atom is 0.419 e. The summed E-state index contributed by atoms with van der Waals surface area (Å²) in [5.74, 6) is -3.41. The van der Waals surface area contributed by atoms with E-state index in [1.165, 1.54) is 23.9 Å². The number of ketones is 1. The Hall–Kier alpha value is -3.89. The third-order valence-electron chi connectivity index (χ3n) is 4.41. The number of nitrogens with zero attached hydrogens (tertiary/aromatic N) is 3. The first kappa shape index (κ1) is 20.8. The van der Waals surface area contributed by atoms with Gasteiger partial charge in [-0.15, -0.1) is 0 Å². The lowest BCUT2D eigenvalue weighted by atomic mass is 10.1. The van der Waals surface area contributed by atoms with Crippen LogP contribution < -0.4 is 5.32 Å². The highest BCUT2D eigenvalue weighted by Crippen LogP contribution is 2.27. The SMILES string of the molecule is CC(OC(=O)n1c2ccncc2c2cnccc21)C(=O)NC(CC(=O)O)C(=O)CF. The topological polar surface area (TPSA) is 140 Å². The highest BCUT2D eigenvalue weighted by Gasteiger charge is 2.28. The number of alkyl halides is 1. The van der Waals surface area contributed by atoms with E-state index in [0.717, 1.165) is 0 Å². The van der Waals surface area contributed by atoms with Crippen LogP contribution in [0.1, 0.15) is 13.3 Å². The predicted molar refractivity (Wildman–Crippen MR) is 102 cm³/mol. The molecule has 3 aromatic rings. The van der Waals surface area contributed by atoms with Gasteiger partial charge in [0, 0.05) is 35.6 Å². The maximum absolute atomic E-state index is 12.8. The number of amides is 1. The minimum absolute atomic E-state index is 0.488. The van der Waals surface area contributed by atoms with Crippen molar-refractivity contribution in [3.8, 4) is 0 Å². The molecule has 156 valence electrons. The zero-order valence-corrected chi connectivity index (χ0v) is 15.7. The summed E-state index contributed by atoms with van der Waals surface area (Å²) in [4.78, 5) is 55.5. The average molecular weight is 416 g/mol. The van der Waals surface area contributed by atoms with Crippen LogP contribution in [0.5, 0.6) is 0 Å². The number of fused-ring (bicyclic) bond motifs is 3. The summed E-state index contributed by atoms with van der Waals surface area (Å²) in [5, 5.41) is 12.2. The van der Waals surface area contributed by atoms with Crippen molar-refractivity contribution >= 4 is 45.6 Å². The Morgan fingerprint density at radius 1 is 1.13 bits per heavy atom. The number of Topliss-reactive ketones (excluding diaryl/α,β-unsaturated/α-hetero) is 1. The number of pyridine rings is 2. The molecule has 30 heavy (non-hydrogen) atoms. The second-order valence-electron chi connectivity index (χ2n) is 6.41. The zero-order valence-electron chi connectivity index (χ0n) is 15.7. The van der Waals surface area contributed by atoms with E-state index in [1.807, 2.05) is 0 Å². The summed E-state index contributed by atoms with van der Waals surface area (Å²) in [7, 11) is 0. The summed E-state index contributed by atoms with van der Waals surface area (Å²) in [6.07, 6.45) is 3.08. The lowest BCUT2D eigenvalue weighted by Gasteiger charge is -2.18. The standard InChI is InChI=1S/C19H17FN4O6/c1-10(18(28)23-13(6-17(26)27)16(25)7-20)30-19(29)24-14-2-4-21-8-11(14)12-9-22-5-3-15(12)24/h2-5,8-10,13H,6-7H2,1H3,(H,23,28)(H,26,27). The number of halogens is 1. The summed E-state index contributed by atoms with van der Waals surface area (Å²) in [6, 6.07) is 1.64. The number of hydrogen-bond acceptors (Lipinski definition) is 7. The molecule has 3 rings (SSSR count). The van der Waals surface area contributed by atoms with Crippen molar-refractivity contribution < 1.29 is 33.4 Å². The van der Waals surface area contributed by atoms with Gasteiger partial charge in [-0.3, -0.25) is 24.4 Å². The van der Waals surface area contributed by atoms with Crippen molar-refractivity contribution in [2.24, 2.45) is 0 Å². The van der Waals surface area contributed by atoms with Crippen molar-refractivity contribution in [1.82, 2.24) is 19.9 Å². The molecular formula is C19H17FN4O6. The Bertz CT molecular complexity index is 1090. The number of carboxylic acid groups (broad SMARTS) is 1. The van der Waals surface area contributed by atoms with Gasteiger partial charge in [-0.1, -0.05) is 0 Å². The molecule has 11 heteroatoms. The summed E-state index contributed by atoms with van der Waals surface area (Å²) in [5.41, 5.74) is 0.976. The van der Waals surface area contributed by atoms with E-state index in [1.54, 1.807) is 24.5 Å². The van der Waals surface area contributed by atoms with Gasteiger partial charge in [0.05, 0.1) is 17.5 Å². The van der Waals surface area contributed by atoms with E-state index in [9.17, 15) is 23.6 Å². The lowest BCUT2D eigenvalue weighted by molar-refractivity contribution is -0.141. The fourth-order valence-electron chi connectivity index (χ4n) is 2.97. The van der Waals surface area contributed by atoms with Gasteiger partial charge in [-0.2, -0.15) is 0 Å². The van der Waals surface area contributed by atoms with Crippen LogP contribution in [0.2, 0.25) is 0 Å². The molecule has 0 aliphatic carbocycles. The van der Waals surface area contributed by atoms with Crippen LogP contribution in [0.15, 0.2) is 36.9 Å². The molecule has 3 aromatic heterocycles. The number of carboxylic acids is 1. The fourth-order valence-corrected chi connectivity index (χ4v) is 2.97. The monoisotopic (exact) mass is 416 g/mol. The van der Waals surface area contributed by atoms with Crippen molar-refractivity contribution in [2.45, 2.75) is 25.5 Å². The van der Waals surface area contributed by atoms with E-state index in [2.05, 4.69) is 15.3 Å². The molecule has 0 aliphatic rings. The molecule has 0 bridgehead atoms. The van der Waals surface area contributed by atoms with Gasteiger partial charge in [-0.25, -0.2) is 13.8 Å². The highest BCUT2D eigenvalue weighted by atomic mass is 19.1. The second-order valence-corrected chi connectivity index (χ2v) is 6.41. The molecule has 2 unspecified atom stereocenters. The van der Waals surface area contributed by atoms with Gasteiger partial charge in [-0.05, 0) is 19.1 Å². The number of nitrogens with one attached hydrogen (secondary N) is 1. The third kappa shape index (κ3) is 4.09. The molecule has 2 N–H and O–H groups in total. The molecule has 0 saturated carbocycles. The molecule has 2 atom stereocenters. The molecule has 0 aliphatic heterocycles. The Morgan fingerprint density at radius 3 is 2.20 bits per heavy atom. The van der Waals surface area contributed by atoms with Crippen LogP contribution in [0.25, 0.3) is 21.8 Å². The quantitative estimate of drug-likeness (QED) is 0.590. The van der Waals surface area contributed by atoms with E-state index in [0.29, 0.717) is 21.8 Å². The first-order valence-electron chi connectivity index (χ1n) is 8.83. The molecule has 10 nitrogen and oxygen atoms in total. The van der Waals surface area contributed by atoms with Crippen molar-refractivity contribution in [3.05, 3.63) is 36.9 Å². The first-order chi connectivity index (χ1) is 14.3. The minimum Gasteiger partial charge on any atom is -0.481 e. The minimum atomic E-state index is -1.56. The molecule has 0 saturated heterocycles. The van der Waals surface area contributed by atoms with E-state index < -0.39 is 49.0 Å². The van der Waals surface area contributed by atoms with Crippen molar-refractivity contribution in [3.63, 3.8) is 0 Å². The number of ether oxygens (including phenoxy) is 1. The maximum atomic E-state index is 12.8. The van der Waals surface area contributed by atoms with Gasteiger partial charge < -0.3 is 15.2 Å². The van der Waals surface area contributed by atoms with Gasteiger partial charge in [0.15, 0.2) is 11.9 Å². The average Bonchev–Trinajstić information content (AvgIpc) is 3.06. The molecule has 0 aromatic carbocycles. The fraction of sp³-hybridized carbons (Fsp3) is 0.263. The largest absolute Gasteiger partial charge is 0.481 e. The first-order valence-corrected chi connectivity index (χ1v) is 8.83. The van der Waals surface area contributed by atoms with Gasteiger partial charge in [0.25, 0.3) is 5.91 Å². The van der Waals surface area contributed by atoms with Crippen LogP contribution in [0, 0.1) is 0 Å².